The SMILES string of the molecule is Cc1cc(NC(=O)CCC(=O)N(CC(=O)NC2CCCC2)c2ccccc2F)no1. The van der Waals surface area contributed by atoms with Crippen LogP contribution in [0.5, 0.6) is 0 Å². The van der Waals surface area contributed by atoms with Gasteiger partial charge in [-0.15, -0.1) is 0 Å². The maximum Gasteiger partial charge on any atom is 0.240 e. The Morgan fingerprint density at radius 3 is 2.57 bits per heavy atom. The van der Waals surface area contributed by atoms with Crippen LogP contribution < -0.4 is 15.5 Å². The molecule has 1 heterocycles. The highest BCUT2D eigenvalue weighted by Gasteiger charge is 2.24. The standard InChI is InChI=1S/C21H25FN4O4/c1-14-12-18(25-30-14)24-19(27)10-11-21(29)26(17-9-5-4-8-16(17)22)13-20(28)23-15-6-2-3-7-15/h4-5,8-9,12,15H,2-3,6-7,10-11,13H2,1H3,(H,23,28)(H,24,25,27). The first-order valence-electron chi connectivity index (χ1n) is 10.00. The summed E-state index contributed by atoms with van der Waals surface area (Å²) < 4.78 is 19.2. The number of hydrogen-bond acceptors (Lipinski definition) is 5. The minimum Gasteiger partial charge on any atom is -0.360 e. The number of benzene rings is 1. The van der Waals surface area contributed by atoms with Crippen LogP contribution in [0.15, 0.2) is 34.9 Å². The number of rotatable bonds is 8. The molecule has 0 spiro atoms. The monoisotopic (exact) mass is 416 g/mol. The second-order valence-corrected chi connectivity index (χ2v) is 7.35. The largest absolute Gasteiger partial charge is 0.360 e. The lowest BCUT2D eigenvalue weighted by Gasteiger charge is -2.24. The third-order valence-electron chi connectivity index (χ3n) is 4.93. The van der Waals surface area contributed by atoms with Gasteiger partial charge in [-0.2, -0.15) is 0 Å². The molecule has 160 valence electrons. The first kappa shape index (κ1) is 21.5. The van der Waals surface area contributed by atoms with Crippen molar-refractivity contribution in [3.8, 4) is 0 Å². The fraction of sp³-hybridized carbons (Fsp3) is 0.429. The van der Waals surface area contributed by atoms with E-state index < -0.39 is 17.6 Å². The number of aromatic nitrogens is 1. The van der Waals surface area contributed by atoms with Crippen molar-refractivity contribution >= 4 is 29.2 Å². The van der Waals surface area contributed by atoms with Gasteiger partial charge in [0, 0.05) is 24.9 Å². The van der Waals surface area contributed by atoms with Crippen LogP contribution in [0.4, 0.5) is 15.9 Å². The maximum atomic E-state index is 14.3. The molecule has 3 amide bonds. The third kappa shape index (κ3) is 5.88. The third-order valence-corrected chi connectivity index (χ3v) is 4.93. The lowest BCUT2D eigenvalue weighted by Crippen LogP contribution is -2.44. The number of halogens is 1. The molecule has 9 heteroatoms. The highest BCUT2D eigenvalue weighted by molar-refractivity contribution is 6.01. The molecule has 1 aromatic carbocycles. The van der Waals surface area contributed by atoms with Gasteiger partial charge in [0.1, 0.15) is 18.1 Å². The molecule has 2 N–H and O–H groups in total. The number of aryl methyl sites for hydroxylation is 1. The summed E-state index contributed by atoms with van der Waals surface area (Å²) in [6.07, 6.45) is 3.60. The average Bonchev–Trinajstić information content (AvgIpc) is 3.36. The van der Waals surface area contributed by atoms with Gasteiger partial charge in [0.15, 0.2) is 5.82 Å². The van der Waals surface area contributed by atoms with E-state index in [0.717, 1.165) is 30.6 Å². The molecule has 0 aliphatic heterocycles. The fourth-order valence-corrected chi connectivity index (χ4v) is 3.45. The second kappa shape index (κ2) is 10.00. The lowest BCUT2D eigenvalue weighted by atomic mass is 10.2. The van der Waals surface area contributed by atoms with Gasteiger partial charge in [0.05, 0.1) is 5.69 Å². The number of para-hydroxylation sites is 1. The van der Waals surface area contributed by atoms with Gasteiger partial charge in [-0.05, 0) is 31.9 Å². The summed E-state index contributed by atoms with van der Waals surface area (Å²) in [6.45, 7) is 1.38. The normalized spacial score (nSPS) is 13.8. The number of carbonyl (C=O) groups is 3. The molecule has 0 bridgehead atoms. The van der Waals surface area contributed by atoms with Crippen molar-refractivity contribution < 1.29 is 23.3 Å². The summed E-state index contributed by atoms with van der Waals surface area (Å²) in [5, 5.41) is 9.09. The highest BCUT2D eigenvalue weighted by Crippen LogP contribution is 2.21. The van der Waals surface area contributed by atoms with E-state index in [4.69, 9.17) is 4.52 Å². The zero-order valence-electron chi connectivity index (χ0n) is 16.8. The number of amides is 3. The summed E-state index contributed by atoms with van der Waals surface area (Å²) in [4.78, 5) is 38.4. The minimum absolute atomic E-state index is 0.0107. The van der Waals surface area contributed by atoms with Crippen LogP contribution in [0.2, 0.25) is 0 Å². The predicted octanol–water partition coefficient (Wildman–Crippen LogP) is 2.93. The van der Waals surface area contributed by atoms with Crippen molar-refractivity contribution in [3.63, 3.8) is 0 Å². The van der Waals surface area contributed by atoms with Gasteiger partial charge in [-0.3, -0.25) is 14.4 Å². The van der Waals surface area contributed by atoms with Crippen molar-refractivity contribution in [1.82, 2.24) is 10.5 Å². The molecule has 0 saturated heterocycles. The Morgan fingerprint density at radius 2 is 1.90 bits per heavy atom. The number of nitrogens with zero attached hydrogens (tertiary/aromatic N) is 2. The lowest BCUT2D eigenvalue weighted by molar-refractivity contribution is -0.125. The van der Waals surface area contributed by atoms with E-state index in [9.17, 15) is 18.8 Å². The van der Waals surface area contributed by atoms with Gasteiger partial charge >= 0.3 is 0 Å². The van der Waals surface area contributed by atoms with E-state index in [1.807, 2.05) is 0 Å². The number of hydrogen-bond donors (Lipinski definition) is 2. The van der Waals surface area contributed by atoms with Gasteiger partial charge in [-0.25, -0.2) is 4.39 Å². The predicted molar refractivity (Wildman–Crippen MR) is 108 cm³/mol. The molecular weight excluding hydrogens is 391 g/mol. The van der Waals surface area contributed by atoms with Gasteiger partial charge in [-0.1, -0.05) is 30.1 Å². The van der Waals surface area contributed by atoms with Crippen molar-refractivity contribution in [1.29, 1.82) is 0 Å². The molecule has 30 heavy (non-hydrogen) atoms. The molecule has 0 unspecified atom stereocenters. The maximum absolute atomic E-state index is 14.3. The molecular formula is C21H25FN4O4. The Bertz CT molecular complexity index is 908. The molecule has 1 aliphatic carbocycles. The Morgan fingerprint density at radius 1 is 1.17 bits per heavy atom. The fourth-order valence-electron chi connectivity index (χ4n) is 3.45. The Hall–Kier alpha value is -3.23. The summed E-state index contributed by atoms with van der Waals surface area (Å²) in [5.74, 6) is -1.11. The van der Waals surface area contributed by atoms with Crippen LogP contribution in [0.3, 0.4) is 0 Å². The average molecular weight is 416 g/mol. The molecule has 0 atom stereocenters. The van der Waals surface area contributed by atoms with Crippen molar-refractivity contribution in [2.24, 2.45) is 0 Å². The number of nitrogens with one attached hydrogen (secondary N) is 2. The minimum atomic E-state index is -0.609. The molecule has 1 fully saturated rings. The van der Waals surface area contributed by atoms with Crippen LogP contribution in [0.1, 0.15) is 44.3 Å². The Balaban J connectivity index is 1.63. The summed E-state index contributed by atoms with van der Waals surface area (Å²) in [6, 6.07) is 7.41. The van der Waals surface area contributed by atoms with Gasteiger partial charge in [0.2, 0.25) is 17.7 Å². The Kier molecular flexibility index (Phi) is 7.16. The Labute approximate surface area is 173 Å². The molecule has 8 nitrogen and oxygen atoms in total. The molecule has 2 aromatic rings. The van der Waals surface area contributed by atoms with Crippen molar-refractivity contribution in [3.05, 3.63) is 41.9 Å². The smallest absolute Gasteiger partial charge is 0.240 e. The van der Waals surface area contributed by atoms with E-state index >= 15 is 0 Å². The number of carbonyl (C=O) groups excluding carboxylic acids is 3. The first-order chi connectivity index (χ1) is 14.4. The van der Waals surface area contributed by atoms with Crippen LogP contribution in [-0.2, 0) is 14.4 Å². The zero-order valence-corrected chi connectivity index (χ0v) is 16.8. The van der Waals surface area contributed by atoms with E-state index in [1.54, 1.807) is 19.1 Å². The molecule has 1 saturated carbocycles. The van der Waals surface area contributed by atoms with E-state index in [2.05, 4.69) is 15.8 Å². The topological polar surface area (TPSA) is 105 Å². The summed E-state index contributed by atoms with van der Waals surface area (Å²) >= 11 is 0. The van der Waals surface area contributed by atoms with E-state index in [-0.39, 0.29) is 42.8 Å². The second-order valence-electron chi connectivity index (χ2n) is 7.35. The molecule has 1 aliphatic rings. The molecule has 1 aromatic heterocycles. The van der Waals surface area contributed by atoms with Crippen LogP contribution in [0, 0.1) is 12.7 Å². The van der Waals surface area contributed by atoms with Gasteiger partial charge < -0.3 is 20.1 Å². The first-order valence-corrected chi connectivity index (χ1v) is 10.00. The van der Waals surface area contributed by atoms with Crippen molar-refractivity contribution in [2.45, 2.75) is 51.5 Å². The highest BCUT2D eigenvalue weighted by atomic mass is 19.1. The van der Waals surface area contributed by atoms with Crippen LogP contribution in [0.25, 0.3) is 0 Å². The summed E-state index contributed by atoms with van der Waals surface area (Å²) in [7, 11) is 0. The van der Waals surface area contributed by atoms with E-state index in [0.29, 0.717) is 5.76 Å². The van der Waals surface area contributed by atoms with Gasteiger partial charge in [0.25, 0.3) is 0 Å². The quantitative estimate of drug-likeness (QED) is 0.689. The van der Waals surface area contributed by atoms with Crippen LogP contribution >= 0.6 is 0 Å². The zero-order chi connectivity index (χ0) is 21.5. The summed E-state index contributed by atoms with van der Waals surface area (Å²) in [5.41, 5.74) is 0.0107. The molecule has 3 rings (SSSR count). The van der Waals surface area contributed by atoms with Crippen molar-refractivity contribution in [2.75, 3.05) is 16.8 Å². The number of anilines is 2. The van der Waals surface area contributed by atoms with Crippen LogP contribution in [-0.4, -0.2) is 35.5 Å². The van der Waals surface area contributed by atoms with E-state index in [1.165, 1.54) is 18.2 Å². The molecule has 0 radical (unpaired) electrons.